The molecule has 2 aromatic heterocycles. The zero-order valence-electron chi connectivity index (χ0n) is 13.7. The molecular weight excluding hydrogens is 357 g/mol. The van der Waals surface area contributed by atoms with Crippen LogP contribution in [-0.4, -0.2) is 20.2 Å². The van der Waals surface area contributed by atoms with Crippen LogP contribution >= 0.6 is 0 Å². The summed E-state index contributed by atoms with van der Waals surface area (Å²) in [7, 11) is 0. The second-order valence-corrected chi connectivity index (χ2v) is 5.61. The van der Waals surface area contributed by atoms with Crippen molar-refractivity contribution in [2.24, 2.45) is 0 Å². The molecular formula is C19H11F3N4O. The van der Waals surface area contributed by atoms with Crippen molar-refractivity contribution in [1.82, 2.24) is 20.2 Å². The summed E-state index contributed by atoms with van der Waals surface area (Å²) in [5.41, 5.74) is 0.135. The van der Waals surface area contributed by atoms with E-state index in [0.717, 1.165) is 11.6 Å². The van der Waals surface area contributed by atoms with Gasteiger partial charge in [0.1, 0.15) is 5.69 Å². The molecule has 2 aromatic carbocycles. The third-order valence-corrected chi connectivity index (χ3v) is 3.81. The average Bonchev–Trinajstić information content (AvgIpc) is 3.18. The first-order valence-corrected chi connectivity index (χ1v) is 7.90. The summed E-state index contributed by atoms with van der Waals surface area (Å²) in [5.74, 6) is 0.362. The van der Waals surface area contributed by atoms with E-state index in [2.05, 4.69) is 20.2 Å². The summed E-state index contributed by atoms with van der Waals surface area (Å²) in [4.78, 5) is 8.22. The third-order valence-electron chi connectivity index (χ3n) is 3.81. The van der Waals surface area contributed by atoms with Gasteiger partial charge in [0.05, 0.1) is 23.7 Å². The van der Waals surface area contributed by atoms with Crippen molar-refractivity contribution in [3.8, 4) is 34.3 Å². The Balaban J connectivity index is 1.74. The van der Waals surface area contributed by atoms with Crippen molar-refractivity contribution in [2.75, 3.05) is 0 Å². The summed E-state index contributed by atoms with van der Waals surface area (Å²) < 4.78 is 45.4. The first kappa shape index (κ1) is 16.9. The van der Waals surface area contributed by atoms with Gasteiger partial charge in [0.25, 0.3) is 5.89 Å². The molecule has 0 atom stereocenters. The Hall–Kier alpha value is -3.55. The van der Waals surface area contributed by atoms with Gasteiger partial charge in [-0.2, -0.15) is 13.2 Å². The Labute approximate surface area is 151 Å². The van der Waals surface area contributed by atoms with Gasteiger partial charge in [-0.1, -0.05) is 36.4 Å². The highest BCUT2D eigenvalue weighted by molar-refractivity contribution is 5.66. The average molecular weight is 368 g/mol. The summed E-state index contributed by atoms with van der Waals surface area (Å²) in [6, 6.07) is 14.3. The Kier molecular flexibility index (Phi) is 4.15. The number of benzene rings is 2. The fourth-order valence-electron chi connectivity index (χ4n) is 2.58. The molecule has 0 bridgehead atoms. The molecule has 4 rings (SSSR count). The van der Waals surface area contributed by atoms with Gasteiger partial charge in [0, 0.05) is 11.1 Å². The maximum absolute atomic E-state index is 13.3. The van der Waals surface area contributed by atoms with Crippen molar-refractivity contribution in [3.63, 3.8) is 0 Å². The summed E-state index contributed by atoms with van der Waals surface area (Å²) in [5, 5.41) is 7.88. The van der Waals surface area contributed by atoms with Crippen LogP contribution < -0.4 is 0 Å². The van der Waals surface area contributed by atoms with Crippen molar-refractivity contribution >= 4 is 0 Å². The highest BCUT2D eigenvalue weighted by atomic mass is 19.4. The van der Waals surface area contributed by atoms with E-state index in [4.69, 9.17) is 4.42 Å². The van der Waals surface area contributed by atoms with Gasteiger partial charge in [0.2, 0.25) is 5.89 Å². The Morgan fingerprint density at radius 3 is 2.19 bits per heavy atom. The van der Waals surface area contributed by atoms with Crippen molar-refractivity contribution in [1.29, 1.82) is 0 Å². The fraction of sp³-hybridized carbons (Fsp3) is 0.0526. The minimum absolute atomic E-state index is 0.0675. The topological polar surface area (TPSA) is 64.7 Å². The van der Waals surface area contributed by atoms with Crippen LogP contribution in [0.2, 0.25) is 0 Å². The number of aromatic nitrogens is 4. The lowest BCUT2D eigenvalue weighted by Crippen LogP contribution is -2.07. The smallest absolute Gasteiger partial charge is 0.415 e. The van der Waals surface area contributed by atoms with Crippen LogP contribution in [0.4, 0.5) is 13.2 Å². The van der Waals surface area contributed by atoms with Gasteiger partial charge in [-0.25, -0.2) is 4.98 Å². The van der Waals surface area contributed by atoms with Crippen LogP contribution in [0.15, 0.2) is 71.4 Å². The standard InChI is InChI=1S/C19H11F3N4O/c20-19(21,22)14-9-5-4-8-13(14)15-10-23-11-16(24-15)18-26-25-17(27-18)12-6-2-1-3-7-12/h1-11H. The molecule has 0 N–H and O–H groups in total. The summed E-state index contributed by atoms with van der Waals surface area (Å²) in [6.45, 7) is 0. The molecule has 5 nitrogen and oxygen atoms in total. The van der Waals surface area contributed by atoms with E-state index in [1.165, 1.54) is 30.6 Å². The maximum Gasteiger partial charge on any atom is 0.417 e. The lowest BCUT2D eigenvalue weighted by molar-refractivity contribution is -0.137. The molecule has 0 fully saturated rings. The van der Waals surface area contributed by atoms with E-state index in [-0.39, 0.29) is 28.7 Å². The highest BCUT2D eigenvalue weighted by Crippen LogP contribution is 2.36. The lowest BCUT2D eigenvalue weighted by atomic mass is 10.0. The Bertz CT molecular complexity index is 1080. The first-order chi connectivity index (χ1) is 13.0. The third kappa shape index (κ3) is 3.41. The largest absolute Gasteiger partial charge is 0.417 e. The van der Waals surface area contributed by atoms with Crippen LogP contribution in [0.3, 0.4) is 0 Å². The Morgan fingerprint density at radius 2 is 1.41 bits per heavy atom. The predicted octanol–water partition coefficient (Wildman–Crippen LogP) is 4.88. The van der Waals surface area contributed by atoms with Gasteiger partial charge in [-0.15, -0.1) is 10.2 Å². The molecule has 2 heterocycles. The minimum atomic E-state index is -4.50. The lowest BCUT2D eigenvalue weighted by Gasteiger charge is -2.12. The molecule has 0 aliphatic carbocycles. The van der Waals surface area contributed by atoms with Crippen molar-refractivity contribution in [2.45, 2.75) is 6.18 Å². The molecule has 0 radical (unpaired) electrons. The number of rotatable bonds is 3. The zero-order valence-corrected chi connectivity index (χ0v) is 13.7. The molecule has 4 aromatic rings. The van der Waals surface area contributed by atoms with E-state index in [9.17, 15) is 13.2 Å². The molecule has 0 aliphatic heterocycles. The number of hydrogen-bond donors (Lipinski definition) is 0. The number of alkyl halides is 3. The van der Waals surface area contributed by atoms with Gasteiger partial charge < -0.3 is 4.42 Å². The number of halogens is 3. The van der Waals surface area contributed by atoms with Gasteiger partial charge >= 0.3 is 6.18 Å². The molecule has 0 amide bonds. The molecule has 0 unspecified atom stereocenters. The molecule has 0 saturated carbocycles. The van der Waals surface area contributed by atoms with Crippen LogP contribution in [0, 0.1) is 0 Å². The molecule has 27 heavy (non-hydrogen) atoms. The van der Waals surface area contributed by atoms with E-state index >= 15 is 0 Å². The van der Waals surface area contributed by atoms with Crippen LogP contribution in [-0.2, 0) is 6.18 Å². The van der Waals surface area contributed by atoms with Crippen LogP contribution in [0.1, 0.15) is 5.56 Å². The van der Waals surface area contributed by atoms with Gasteiger partial charge in [0.15, 0.2) is 0 Å². The van der Waals surface area contributed by atoms with Crippen molar-refractivity contribution in [3.05, 3.63) is 72.6 Å². The molecule has 134 valence electrons. The van der Waals surface area contributed by atoms with Crippen LogP contribution in [0.5, 0.6) is 0 Å². The van der Waals surface area contributed by atoms with Crippen molar-refractivity contribution < 1.29 is 17.6 Å². The predicted molar refractivity (Wildman–Crippen MR) is 91.2 cm³/mol. The van der Waals surface area contributed by atoms with E-state index in [1.807, 2.05) is 18.2 Å². The Morgan fingerprint density at radius 1 is 0.741 bits per heavy atom. The molecule has 0 saturated heterocycles. The van der Waals surface area contributed by atoms with Gasteiger partial charge in [-0.05, 0) is 18.2 Å². The van der Waals surface area contributed by atoms with E-state index < -0.39 is 11.7 Å². The number of hydrogen-bond acceptors (Lipinski definition) is 5. The number of nitrogens with zero attached hydrogens (tertiary/aromatic N) is 4. The SMILES string of the molecule is FC(F)(F)c1ccccc1-c1cncc(-c2nnc(-c3ccccc3)o2)n1. The summed E-state index contributed by atoms with van der Waals surface area (Å²) >= 11 is 0. The second-order valence-electron chi connectivity index (χ2n) is 5.61. The molecule has 0 aliphatic rings. The minimum Gasteiger partial charge on any atom is -0.415 e. The van der Waals surface area contributed by atoms with E-state index in [0.29, 0.717) is 0 Å². The normalized spacial score (nSPS) is 11.5. The monoisotopic (exact) mass is 368 g/mol. The first-order valence-electron chi connectivity index (χ1n) is 7.90. The summed E-state index contributed by atoms with van der Waals surface area (Å²) in [6.07, 6.45) is -1.87. The fourth-order valence-corrected chi connectivity index (χ4v) is 2.58. The van der Waals surface area contributed by atoms with E-state index in [1.54, 1.807) is 12.1 Å². The van der Waals surface area contributed by atoms with Crippen LogP contribution in [0.25, 0.3) is 34.3 Å². The van der Waals surface area contributed by atoms with Gasteiger partial charge in [-0.3, -0.25) is 4.98 Å². The zero-order chi connectivity index (χ0) is 18.9. The quantitative estimate of drug-likeness (QED) is 0.516. The molecule has 0 spiro atoms. The molecule has 8 heteroatoms. The second kappa shape index (κ2) is 6.64. The maximum atomic E-state index is 13.3. The highest BCUT2D eigenvalue weighted by Gasteiger charge is 2.33.